The monoisotopic (exact) mass is 371 g/mol. The number of halogens is 3. The lowest BCUT2D eigenvalue weighted by Crippen LogP contribution is -2.45. The number of benzene rings is 2. The highest BCUT2D eigenvalue weighted by molar-refractivity contribution is 6.30. The number of aliphatic carboxylic acids is 1. The molecule has 6 heteroatoms. The maximum atomic E-state index is 11.6. The van der Waals surface area contributed by atoms with Crippen molar-refractivity contribution in [3.05, 3.63) is 69.2 Å². The molecule has 0 spiro atoms. The molecule has 1 aliphatic heterocycles. The van der Waals surface area contributed by atoms with Gasteiger partial charge < -0.3 is 5.11 Å². The SMILES string of the molecule is Cl.O=C(O)C1Cc2ccc(Cl)cc2CN1Cc1ccc(Cl)cc1. The highest BCUT2D eigenvalue weighted by Gasteiger charge is 2.31. The molecule has 0 aliphatic carbocycles. The Bertz CT molecular complexity index is 703. The van der Waals surface area contributed by atoms with Crippen molar-refractivity contribution < 1.29 is 9.90 Å². The number of hydrogen-bond donors (Lipinski definition) is 1. The van der Waals surface area contributed by atoms with Gasteiger partial charge in [-0.15, -0.1) is 12.4 Å². The Kier molecular flexibility index (Phi) is 5.93. The van der Waals surface area contributed by atoms with Gasteiger partial charge in [-0.05, 0) is 47.4 Å². The Morgan fingerprint density at radius 1 is 1.09 bits per heavy atom. The Morgan fingerprint density at radius 2 is 1.74 bits per heavy atom. The third kappa shape index (κ3) is 4.18. The van der Waals surface area contributed by atoms with Crippen LogP contribution in [0.5, 0.6) is 0 Å². The summed E-state index contributed by atoms with van der Waals surface area (Å²) in [5, 5.41) is 10.9. The zero-order chi connectivity index (χ0) is 15.7. The molecule has 2 aromatic carbocycles. The lowest BCUT2D eigenvalue weighted by molar-refractivity contribution is -0.144. The van der Waals surface area contributed by atoms with Crippen LogP contribution >= 0.6 is 35.6 Å². The molecular weight excluding hydrogens is 357 g/mol. The van der Waals surface area contributed by atoms with E-state index in [4.69, 9.17) is 23.2 Å². The summed E-state index contributed by atoms with van der Waals surface area (Å²) in [6.07, 6.45) is 0.495. The van der Waals surface area contributed by atoms with Crippen LogP contribution in [0.2, 0.25) is 10.0 Å². The standard InChI is InChI=1S/C17H15Cl2NO2.ClH/c18-14-4-1-11(2-5-14)9-20-10-13-7-15(19)6-3-12(13)8-16(20)17(21)22;/h1-7,16H,8-10H2,(H,21,22);1H. The maximum absolute atomic E-state index is 11.6. The second kappa shape index (κ2) is 7.54. The van der Waals surface area contributed by atoms with Crippen molar-refractivity contribution in [2.45, 2.75) is 25.6 Å². The molecule has 0 saturated heterocycles. The van der Waals surface area contributed by atoms with Crippen LogP contribution in [-0.4, -0.2) is 22.0 Å². The molecule has 1 atom stereocenters. The highest BCUT2D eigenvalue weighted by Crippen LogP contribution is 2.27. The molecule has 1 heterocycles. The fourth-order valence-corrected chi connectivity index (χ4v) is 3.16. The first kappa shape index (κ1) is 18.1. The first-order chi connectivity index (χ1) is 10.5. The minimum atomic E-state index is -0.797. The molecule has 2 aromatic rings. The van der Waals surface area contributed by atoms with Gasteiger partial charge in [-0.1, -0.05) is 41.4 Å². The summed E-state index contributed by atoms with van der Waals surface area (Å²) in [4.78, 5) is 13.6. The first-order valence-corrected chi connectivity index (χ1v) is 7.77. The molecule has 0 amide bonds. The predicted octanol–water partition coefficient (Wildman–Crippen LogP) is 4.43. The molecule has 3 nitrogen and oxygen atoms in total. The Hall–Kier alpha value is -1.26. The summed E-state index contributed by atoms with van der Waals surface area (Å²) in [7, 11) is 0. The van der Waals surface area contributed by atoms with Crippen molar-refractivity contribution in [2.24, 2.45) is 0 Å². The van der Waals surface area contributed by atoms with E-state index in [0.717, 1.165) is 16.7 Å². The highest BCUT2D eigenvalue weighted by atomic mass is 35.5. The van der Waals surface area contributed by atoms with Crippen LogP contribution in [0.15, 0.2) is 42.5 Å². The molecule has 122 valence electrons. The molecule has 23 heavy (non-hydrogen) atoms. The van der Waals surface area contributed by atoms with E-state index in [1.54, 1.807) is 0 Å². The number of hydrogen-bond acceptors (Lipinski definition) is 2. The lowest BCUT2D eigenvalue weighted by atomic mass is 9.93. The van der Waals surface area contributed by atoms with Gasteiger partial charge in [0.25, 0.3) is 0 Å². The fraction of sp³-hybridized carbons (Fsp3) is 0.235. The van der Waals surface area contributed by atoms with Gasteiger partial charge in [0, 0.05) is 23.1 Å². The van der Waals surface area contributed by atoms with E-state index in [-0.39, 0.29) is 12.4 Å². The van der Waals surface area contributed by atoms with E-state index >= 15 is 0 Å². The molecule has 0 bridgehead atoms. The Labute approximate surface area is 151 Å². The van der Waals surface area contributed by atoms with Gasteiger partial charge in [0.05, 0.1) is 0 Å². The summed E-state index contributed by atoms with van der Waals surface area (Å²) in [5.74, 6) is -0.797. The number of nitrogens with zero attached hydrogens (tertiary/aromatic N) is 1. The minimum Gasteiger partial charge on any atom is -0.480 e. The molecule has 1 unspecified atom stereocenters. The van der Waals surface area contributed by atoms with Crippen molar-refractivity contribution in [2.75, 3.05) is 0 Å². The summed E-state index contributed by atoms with van der Waals surface area (Å²) in [6.45, 7) is 1.15. The topological polar surface area (TPSA) is 40.5 Å². The van der Waals surface area contributed by atoms with Crippen LogP contribution < -0.4 is 0 Å². The van der Waals surface area contributed by atoms with Gasteiger partial charge >= 0.3 is 5.97 Å². The third-order valence-electron chi connectivity index (χ3n) is 3.98. The van der Waals surface area contributed by atoms with Gasteiger partial charge in [0.1, 0.15) is 6.04 Å². The molecule has 0 aromatic heterocycles. The van der Waals surface area contributed by atoms with Crippen molar-refractivity contribution in [1.82, 2.24) is 4.90 Å². The molecule has 0 saturated carbocycles. The average molecular weight is 373 g/mol. The van der Waals surface area contributed by atoms with Crippen LogP contribution in [-0.2, 0) is 24.3 Å². The minimum absolute atomic E-state index is 0. The van der Waals surface area contributed by atoms with Gasteiger partial charge in [0.2, 0.25) is 0 Å². The number of rotatable bonds is 3. The van der Waals surface area contributed by atoms with Crippen molar-refractivity contribution in [3.8, 4) is 0 Å². The molecule has 0 fully saturated rings. The van der Waals surface area contributed by atoms with Crippen LogP contribution in [0.25, 0.3) is 0 Å². The number of carboxylic acids is 1. The number of carboxylic acid groups (broad SMARTS) is 1. The van der Waals surface area contributed by atoms with Gasteiger partial charge in [-0.2, -0.15) is 0 Å². The van der Waals surface area contributed by atoms with E-state index in [2.05, 4.69) is 0 Å². The molecule has 0 radical (unpaired) electrons. The van der Waals surface area contributed by atoms with Crippen LogP contribution in [0.4, 0.5) is 0 Å². The third-order valence-corrected chi connectivity index (χ3v) is 4.47. The quantitative estimate of drug-likeness (QED) is 0.866. The van der Waals surface area contributed by atoms with Gasteiger partial charge in [-0.3, -0.25) is 9.69 Å². The van der Waals surface area contributed by atoms with Gasteiger partial charge in [-0.25, -0.2) is 0 Å². The van der Waals surface area contributed by atoms with Gasteiger partial charge in [0.15, 0.2) is 0 Å². The average Bonchev–Trinajstić information content (AvgIpc) is 2.48. The van der Waals surface area contributed by atoms with Crippen molar-refractivity contribution in [3.63, 3.8) is 0 Å². The number of carbonyl (C=O) groups is 1. The largest absolute Gasteiger partial charge is 0.480 e. The smallest absolute Gasteiger partial charge is 0.321 e. The van der Waals surface area contributed by atoms with E-state index in [1.807, 2.05) is 47.4 Å². The zero-order valence-corrected chi connectivity index (χ0v) is 14.5. The van der Waals surface area contributed by atoms with Crippen LogP contribution in [0, 0.1) is 0 Å². The Morgan fingerprint density at radius 3 is 2.39 bits per heavy atom. The maximum Gasteiger partial charge on any atom is 0.321 e. The summed E-state index contributed by atoms with van der Waals surface area (Å²) >= 11 is 11.9. The fourth-order valence-electron chi connectivity index (χ4n) is 2.84. The van der Waals surface area contributed by atoms with Crippen LogP contribution in [0.1, 0.15) is 16.7 Å². The lowest BCUT2D eigenvalue weighted by Gasteiger charge is -2.34. The van der Waals surface area contributed by atoms with E-state index < -0.39 is 12.0 Å². The van der Waals surface area contributed by atoms with E-state index in [1.165, 1.54) is 0 Å². The second-order valence-electron chi connectivity index (χ2n) is 5.50. The van der Waals surface area contributed by atoms with Crippen LogP contribution in [0.3, 0.4) is 0 Å². The Balaban J connectivity index is 0.00000192. The van der Waals surface area contributed by atoms with E-state index in [9.17, 15) is 9.90 Å². The molecule has 3 rings (SSSR count). The normalized spacial score (nSPS) is 17.2. The molecule has 1 aliphatic rings. The predicted molar refractivity (Wildman–Crippen MR) is 94.5 cm³/mol. The molecule has 1 N–H and O–H groups in total. The summed E-state index contributed by atoms with van der Waals surface area (Å²) in [6, 6.07) is 12.6. The van der Waals surface area contributed by atoms with Crippen molar-refractivity contribution >= 4 is 41.6 Å². The van der Waals surface area contributed by atoms with E-state index in [0.29, 0.717) is 29.6 Å². The first-order valence-electron chi connectivity index (χ1n) is 7.01. The van der Waals surface area contributed by atoms with Crippen molar-refractivity contribution in [1.29, 1.82) is 0 Å². The summed E-state index contributed by atoms with van der Waals surface area (Å²) < 4.78 is 0. The number of fused-ring (bicyclic) bond motifs is 1. The second-order valence-corrected chi connectivity index (χ2v) is 6.38. The summed E-state index contributed by atoms with van der Waals surface area (Å²) in [5.41, 5.74) is 3.20. The molecular formula is C17H16Cl3NO2. The zero-order valence-electron chi connectivity index (χ0n) is 12.2.